The Morgan fingerprint density at radius 2 is 0.951 bits per heavy atom. The van der Waals surface area contributed by atoms with E-state index in [-0.39, 0.29) is 44.6 Å². The van der Waals surface area contributed by atoms with Crippen LogP contribution in [0.2, 0.25) is 0 Å². The topological polar surface area (TPSA) is 9.72 Å². The van der Waals surface area contributed by atoms with Crippen LogP contribution in [0, 0.1) is 13.8 Å². The van der Waals surface area contributed by atoms with Gasteiger partial charge in [0, 0.05) is 65.7 Å². The van der Waals surface area contributed by atoms with Gasteiger partial charge in [0.15, 0.2) is 0 Å². The number of fused-ring (bicyclic) bond motifs is 9. The molecule has 1 aromatic heterocycles. The van der Waals surface area contributed by atoms with Crippen molar-refractivity contribution in [3.63, 3.8) is 0 Å². The number of hydrogen-bond acceptors (Lipinski definition) is 4. The molecular formula is C77H86BN3S. The molecule has 5 heteroatoms. The summed E-state index contributed by atoms with van der Waals surface area (Å²) in [6.07, 6.45) is 3.46. The summed E-state index contributed by atoms with van der Waals surface area (Å²) in [4.78, 5) is 7.96. The Morgan fingerprint density at radius 1 is 0.451 bits per heavy atom. The zero-order valence-electron chi connectivity index (χ0n) is 52.7. The lowest BCUT2D eigenvalue weighted by Crippen LogP contribution is -2.61. The molecule has 3 heterocycles. The van der Waals surface area contributed by atoms with Gasteiger partial charge >= 0.3 is 0 Å². The average molecular weight is 1100 g/mol. The molecule has 13 rings (SSSR count). The summed E-state index contributed by atoms with van der Waals surface area (Å²) >= 11 is 1.95. The number of rotatable bonds is 5. The van der Waals surface area contributed by atoms with Crippen LogP contribution < -0.4 is 31.1 Å². The molecule has 0 radical (unpaired) electrons. The fraction of sp³-hybridized carbons (Fsp3) is 0.377. The predicted octanol–water partition coefficient (Wildman–Crippen LogP) is 20.4. The standard InChI is InChI=1S/C77H86BN3S/c1-46-38-65-69-66(39-46)81(62-43-57-55(40-47(62)2)74(12,13)36-37-75(57,14)15)64-44-58-56(76(16,17)45-77(58,18)19)42-60(64)78(69)59-34-32-52(79(50-28-24-48(25-29-50)71(3,4)5)51-30-26-49(27-31-51)72(6,7)8)41-63(59)80(65)61-35-33-54(73(9,10)11)70-68(61)53-22-20-21-23-67(53)82-70/h20-35,38-44H,36-37,45H2,1-19H3. The minimum absolute atomic E-state index is 0.00575. The third-order valence-corrected chi connectivity index (χ3v) is 21.1. The highest BCUT2D eigenvalue weighted by Gasteiger charge is 2.49. The molecule has 0 atom stereocenters. The molecule has 0 saturated carbocycles. The molecule has 82 heavy (non-hydrogen) atoms. The molecule has 0 spiro atoms. The van der Waals surface area contributed by atoms with E-state index < -0.39 is 0 Å². The van der Waals surface area contributed by atoms with Gasteiger partial charge in [-0.15, -0.1) is 11.3 Å². The van der Waals surface area contributed by atoms with Crippen LogP contribution >= 0.6 is 11.3 Å². The molecular weight excluding hydrogens is 1010 g/mol. The number of nitrogens with zero attached hydrogens (tertiary/aromatic N) is 3. The second-order valence-electron chi connectivity index (χ2n) is 31.0. The SMILES string of the molecule is Cc1cc2c3c(c1)N(c1ccc(C(C)(C)C)c4sc5ccccc5c14)c1cc(N(c4ccc(C(C)(C)C)cc4)c4ccc(C(C)(C)C)cc4)ccc1B3c1cc3c(cc1N2c1cc2c(cc1C)C(C)(C)CCC2(C)C)C(C)(C)CC3(C)C. The number of benzene rings is 8. The van der Waals surface area contributed by atoms with Gasteiger partial charge < -0.3 is 14.7 Å². The van der Waals surface area contributed by atoms with Crippen LogP contribution in [0.1, 0.15) is 187 Å². The van der Waals surface area contributed by atoms with E-state index in [1.54, 1.807) is 0 Å². The summed E-state index contributed by atoms with van der Waals surface area (Å²) in [7, 11) is 0. The molecule has 0 unspecified atom stereocenters. The van der Waals surface area contributed by atoms with E-state index in [4.69, 9.17) is 0 Å². The van der Waals surface area contributed by atoms with E-state index in [0.29, 0.717) is 0 Å². The van der Waals surface area contributed by atoms with E-state index in [0.717, 1.165) is 23.5 Å². The normalized spacial score (nSPS) is 17.4. The van der Waals surface area contributed by atoms with Crippen LogP contribution in [0.4, 0.5) is 51.2 Å². The maximum atomic E-state index is 2.74. The minimum Gasteiger partial charge on any atom is -0.311 e. The number of aryl methyl sites for hydroxylation is 2. The van der Waals surface area contributed by atoms with Gasteiger partial charge in [-0.2, -0.15) is 0 Å². The summed E-state index contributed by atoms with van der Waals surface area (Å²) in [5, 5.41) is 2.64. The number of hydrogen-bond donors (Lipinski definition) is 0. The molecule has 0 fully saturated rings. The van der Waals surface area contributed by atoms with E-state index in [1.807, 2.05) is 11.3 Å². The van der Waals surface area contributed by atoms with Crippen molar-refractivity contribution in [3.8, 4) is 0 Å². The summed E-state index contributed by atoms with van der Waals surface area (Å²) in [5.74, 6) is 0. The van der Waals surface area contributed by atoms with Crippen molar-refractivity contribution >= 4 is 106 Å². The smallest absolute Gasteiger partial charge is 0.252 e. The molecule has 0 N–H and O–H groups in total. The van der Waals surface area contributed by atoms with Crippen molar-refractivity contribution in [2.45, 2.75) is 189 Å². The van der Waals surface area contributed by atoms with Gasteiger partial charge in [-0.1, -0.05) is 184 Å². The van der Waals surface area contributed by atoms with E-state index in [2.05, 4.69) is 286 Å². The fourth-order valence-electron chi connectivity index (χ4n) is 15.4. The number of thiophene rings is 1. The Balaban J connectivity index is 1.15. The van der Waals surface area contributed by atoms with Gasteiger partial charge in [-0.05, 0) is 210 Å². The first kappa shape index (κ1) is 54.7. The van der Waals surface area contributed by atoms with Gasteiger partial charge in [0.05, 0.1) is 5.69 Å². The van der Waals surface area contributed by atoms with Crippen LogP contribution in [0.3, 0.4) is 0 Å². The largest absolute Gasteiger partial charge is 0.311 e. The molecule has 8 aromatic carbocycles. The highest BCUT2D eigenvalue weighted by Crippen LogP contribution is 2.56. The van der Waals surface area contributed by atoms with Gasteiger partial charge in [0.2, 0.25) is 0 Å². The first-order valence-electron chi connectivity index (χ1n) is 30.5. The molecule has 3 nitrogen and oxygen atoms in total. The molecule has 2 aliphatic carbocycles. The second kappa shape index (κ2) is 18.0. The van der Waals surface area contributed by atoms with Crippen LogP contribution in [0.5, 0.6) is 0 Å². The average Bonchev–Trinajstić information content (AvgIpc) is 2.53. The summed E-state index contributed by atoms with van der Waals surface area (Å²) in [6, 6.07) is 55.9. The Hall–Kier alpha value is -6.56. The van der Waals surface area contributed by atoms with Crippen molar-refractivity contribution in [2.24, 2.45) is 0 Å². The van der Waals surface area contributed by atoms with Gasteiger partial charge in [0.25, 0.3) is 6.71 Å². The van der Waals surface area contributed by atoms with Crippen LogP contribution in [0.15, 0.2) is 140 Å². The quantitative estimate of drug-likeness (QED) is 0.159. The lowest BCUT2D eigenvalue weighted by Gasteiger charge is -2.47. The molecule has 2 aliphatic heterocycles. The maximum absolute atomic E-state index is 2.74. The third-order valence-electron chi connectivity index (χ3n) is 19.9. The Labute approximate surface area is 495 Å². The molecule has 0 bridgehead atoms. The Kier molecular flexibility index (Phi) is 12.0. The predicted molar refractivity (Wildman–Crippen MR) is 360 cm³/mol. The fourth-order valence-corrected chi connectivity index (χ4v) is 16.9. The first-order valence-corrected chi connectivity index (χ1v) is 31.4. The lowest BCUT2D eigenvalue weighted by molar-refractivity contribution is 0.332. The summed E-state index contributed by atoms with van der Waals surface area (Å²) < 4.78 is 2.69. The molecule has 9 aromatic rings. The van der Waals surface area contributed by atoms with Crippen molar-refractivity contribution in [1.29, 1.82) is 0 Å². The van der Waals surface area contributed by atoms with Gasteiger partial charge in [0.1, 0.15) is 0 Å². The van der Waals surface area contributed by atoms with Crippen molar-refractivity contribution in [2.75, 3.05) is 14.7 Å². The van der Waals surface area contributed by atoms with Crippen molar-refractivity contribution in [3.05, 3.63) is 190 Å². The van der Waals surface area contributed by atoms with E-state index >= 15 is 0 Å². The maximum Gasteiger partial charge on any atom is 0.252 e. The van der Waals surface area contributed by atoms with Gasteiger partial charge in [-0.3, -0.25) is 0 Å². The Bertz CT molecular complexity index is 4050. The number of anilines is 9. The molecule has 418 valence electrons. The van der Waals surface area contributed by atoms with E-state index in [9.17, 15) is 0 Å². The molecule has 4 aliphatic rings. The highest BCUT2D eigenvalue weighted by molar-refractivity contribution is 7.26. The molecule has 0 amide bonds. The van der Waals surface area contributed by atoms with E-state index in [1.165, 1.54) is 134 Å². The van der Waals surface area contributed by atoms with Crippen LogP contribution in [-0.4, -0.2) is 6.71 Å². The lowest BCUT2D eigenvalue weighted by atomic mass is 9.33. The highest BCUT2D eigenvalue weighted by atomic mass is 32.1. The monoisotopic (exact) mass is 1100 g/mol. The van der Waals surface area contributed by atoms with Gasteiger partial charge in [-0.25, -0.2) is 0 Å². The van der Waals surface area contributed by atoms with Crippen LogP contribution in [0.25, 0.3) is 20.2 Å². The second-order valence-corrected chi connectivity index (χ2v) is 32.1. The third kappa shape index (κ3) is 8.46. The zero-order chi connectivity index (χ0) is 58.3. The summed E-state index contributed by atoms with van der Waals surface area (Å²) in [6.45, 7) is 45.5. The zero-order valence-corrected chi connectivity index (χ0v) is 53.5. The van der Waals surface area contributed by atoms with Crippen molar-refractivity contribution < 1.29 is 0 Å². The summed E-state index contributed by atoms with van der Waals surface area (Å²) in [5.41, 5.74) is 27.9. The Morgan fingerprint density at radius 3 is 1.52 bits per heavy atom. The first-order chi connectivity index (χ1) is 38.3. The van der Waals surface area contributed by atoms with Crippen molar-refractivity contribution in [1.82, 2.24) is 0 Å². The van der Waals surface area contributed by atoms with Crippen LogP contribution in [-0.2, 0) is 37.9 Å². The minimum atomic E-state index is -0.0624. The molecule has 0 saturated heterocycles.